The minimum atomic E-state index is -5.68. The second-order valence-corrected chi connectivity index (χ2v) is 3.42. The van der Waals surface area contributed by atoms with E-state index < -0.39 is 15.6 Å². The Balaban J connectivity index is -0.0000000533. The monoisotopic (exact) mass is 308 g/mol. The maximum atomic E-state index is 9.32. The molecule has 0 saturated heterocycles. The van der Waals surface area contributed by atoms with Crippen LogP contribution < -0.4 is 19.6 Å². The molecule has 0 heterocycles. The topological polar surface area (TPSA) is 193 Å². The van der Waals surface area contributed by atoms with E-state index in [0.29, 0.717) is 0 Å². The van der Waals surface area contributed by atoms with Crippen molar-refractivity contribution in [2.24, 2.45) is 0 Å². The van der Waals surface area contributed by atoms with E-state index in [1.165, 1.54) is 0 Å². The third kappa shape index (κ3) is 31.8. The maximum Gasteiger partial charge on any atom is 4.00 e. The number of phosphoric acid groups is 2. The van der Waals surface area contributed by atoms with E-state index in [1.807, 2.05) is 0 Å². The quantitative estimate of drug-likeness (QED) is 0.470. The fraction of sp³-hybridized carbons (Fsp3) is 0. The molecule has 13 heavy (non-hydrogen) atoms. The largest absolute Gasteiger partial charge is 4.00 e. The van der Waals surface area contributed by atoms with Gasteiger partial charge in [0, 0.05) is 0 Å². The molecule has 0 aliphatic rings. The Labute approximate surface area is 96.7 Å². The van der Waals surface area contributed by atoms with Gasteiger partial charge in [-0.1, -0.05) is 0 Å². The standard InChI is InChI=1S/H4O7P2.2O.2V/c1-8(2,3)7-9(4,5)6;;;;/h(H2,1,2,3)(H2,4,5,6);;;;/q;2*-2;2*+4/p-4. The Hall–Kier alpha value is 1.35. The second kappa shape index (κ2) is 9.89. The van der Waals surface area contributed by atoms with Crippen molar-refractivity contribution in [2.75, 3.05) is 0 Å². The summed E-state index contributed by atoms with van der Waals surface area (Å²) in [5.74, 6) is 0. The molecule has 0 atom stereocenters. The van der Waals surface area contributed by atoms with Crippen molar-refractivity contribution in [2.45, 2.75) is 0 Å². The first-order chi connectivity index (χ1) is 3.71. The molecule has 74 valence electrons. The van der Waals surface area contributed by atoms with Gasteiger partial charge < -0.3 is 44.0 Å². The average Bonchev–Trinajstić information content (AvgIpc) is 1.14. The van der Waals surface area contributed by atoms with Crippen molar-refractivity contribution < 1.29 is 81.1 Å². The van der Waals surface area contributed by atoms with Gasteiger partial charge in [-0.2, -0.15) is 0 Å². The molecule has 0 N–H and O–H groups in total. The zero-order valence-electron chi connectivity index (χ0n) is 5.46. The van der Waals surface area contributed by atoms with Crippen molar-refractivity contribution in [3.05, 3.63) is 0 Å². The van der Waals surface area contributed by atoms with E-state index in [9.17, 15) is 28.7 Å². The summed E-state index contributed by atoms with van der Waals surface area (Å²) in [7, 11) is -11.4. The van der Waals surface area contributed by atoms with Crippen LogP contribution in [0.3, 0.4) is 0 Å². The van der Waals surface area contributed by atoms with Gasteiger partial charge in [0.05, 0.1) is 15.6 Å². The molecule has 0 spiro atoms. The van der Waals surface area contributed by atoms with Crippen LogP contribution in [-0.2, 0) is 61.5 Å². The molecule has 0 aliphatic heterocycles. The minimum Gasteiger partial charge on any atom is -2.00 e. The number of hydrogen-bond donors (Lipinski definition) is 0. The molecule has 0 aromatic carbocycles. The maximum absolute atomic E-state index is 9.32. The van der Waals surface area contributed by atoms with Gasteiger partial charge in [-0.3, -0.25) is 0 Å². The second-order valence-electron chi connectivity index (χ2n) is 0.976. The van der Waals surface area contributed by atoms with Gasteiger partial charge >= 0.3 is 37.1 Å². The molecule has 0 saturated carbocycles. The van der Waals surface area contributed by atoms with Crippen LogP contribution in [-0.4, -0.2) is 0 Å². The summed E-state index contributed by atoms with van der Waals surface area (Å²) in [6, 6.07) is 0. The zero-order chi connectivity index (χ0) is 7.71. The fourth-order valence-electron chi connectivity index (χ4n) is 0.122. The van der Waals surface area contributed by atoms with E-state index >= 15 is 0 Å². The summed E-state index contributed by atoms with van der Waals surface area (Å²) >= 11 is 0. The molecular formula is O9P2V2. The molecule has 0 aromatic rings. The van der Waals surface area contributed by atoms with Gasteiger partial charge in [-0.05, 0) is 0 Å². The summed E-state index contributed by atoms with van der Waals surface area (Å²) in [5.41, 5.74) is 0. The number of hydrogen-bond acceptors (Lipinski definition) is 7. The van der Waals surface area contributed by atoms with Gasteiger partial charge in [0.1, 0.15) is 0 Å². The van der Waals surface area contributed by atoms with Gasteiger partial charge in [0.2, 0.25) is 0 Å². The minimum absolute atomic E-state index is 0. The van der Waals surface area contributed by atoms with Gasteiger partial charge in [-0.25, -0.2) is 0 Å². The van der Waals surface area contributed by atoms with Crippen LogP contribution in [0.2, 0.25) is 0 Å². The molecule has 0 unspecified atom stereocenters. The van der Waals surface area contributed by atoms with Crippen LogP contribution in [0.1, 0.15) is 0 Å². The van der Waals surface area contributed by atoms with Crippen molar-refractivity contribution in [3.63, 3.8) is 0 Å². The predicted molar refractivity (Wildman–Crippen MR) is 17.7 cm³/mol. The van der Waals surface area contributed by atoms with Crippen LogP contribution in [0.5, 0.6) is 0 Å². The van der Waals surface area contributed by atoms with Crippen LogP contribution in [0.15, 0.2) is 0 Å². The molecule has 0 amide bonds. The van der Waals surface area contributed by atoms with E-state index in [-0.39, 0.29) is 48.1 Å². The molecule has 9 nitrogen and oxygen atoms in total. The summed E-state index contributed by atoms with van der Waals surface area (Å²) in [5, 5.41) is 0. The average molecular weight is 308 g/mol. The van der Waals surface area contributed by atoms with Crippen LogP contribution in [0, 0.1) is 0 Å². The molecule has 13 heteroatoms. The zero-order valence-corrected chi connectivity index (χ0v) is 10.0. The van der Waals surface area contributed by atoms with Crippen molar-refractivity contribution in [1.29, 1.82) is 0 Å². The van der Waals surface area contributed by atoms with E-state index in [2.05, 4.69) is 4.31 Å². The smallest absolute Gasteiger partial charge is 2.00 e. The molecule has 0 aliphatic carbocycles. The SMILES string of the molecule is O=P([O-])([O-])OP(=O)([O-])[O-].[O-2].[O-2].[V+4].[V+4]. The van der Waals surface area contributed by atoms with E-state index in [0.717, 1.165) is 0 Å². The third-order valence-electron chi connectivity index (χ3n) is 0.200. The van der Waals surface area contributed by atoms with Crippen molar-refractivity contribution in [3.8, 4) is 0 Å². The van der Waals surface area contributed by atoms with Gasteiger partial charge in [0.15, 0.2) is 0 Å². The summed E-state index contributed by atoms with van der Waals surface area (Å²) in [6.45, 7) is 0. The van der Waals surface area contributed by atoms with E-state index in [4.69, 9.17) is 0 Å². The Morgan fingerprint density at radius 1 is 0.769 bits per heavy atom. The normalized spacial score (nSPS) is 9.54. The Kier molecular flexibility index (Phi) is 22.2. The van der Waals surface area contributed by atoms with E-state index in [1.54, 1.807) is 0 Å². The first kappa shape index (κ1) is 29.3. The Morgan fingerprint density at radius 2 is 0.923 bits per heavy atom. The van der Waals surface area contributed by atoms with Crippen LogP contribution in [0.25, 0.3) is 0 Å². The van der Waals surface area contributed by atoms with Crippen LogP contribution >= 0.6 is 15.6 Å². The van der Waals surface area contributed by atoms with Crippen LogP contribution in [0.4, 0.5) is 0 Å². The van der Waals surface area contributed by atoms with Gasteiger partial charge in [0.25, 0.3) is 0 Å². The first-order valence-electron chi connectivity index (χ1n) is 1.46. The molecule has 0 bridgehead atoms. The predicted octanol–water partition coefficient (Wildman–Crippen LogP) is -3.58. The first-order valence-corrected chi connectivity index (χ1v) is 4.38. The third-order valence-corrected chi connectivity index (χ3v) is 1.80. The van der Waals surface area contributed by atoms with Gasteiger partial charge in [-0.15, -0.1) is 0 Å². The molecule has 0 aromatic heterocycles. The summed E-state index contributed by atoms with van der Waals surface area (Å²) in [4.78, 5) is 37.3. The Bertz CT molecular complexity index is 156. The molecule has 0 rings (SSSR count). The number of rotatable bonds is 2. The van der Waals surface area contributed by atoms with Crippen molar-refractivity contribution >= 4 is 15.6 Å². The molecule has 0 fully saturated rings. The molecule has 2 radical (unpaired) electrons. The molecular weight excluding hydrogens is 308 g/mol. The van der Waals surface area contributed by atoms with Crippen molar-refractivity contribution in [1.82, 2.24) is 0 Å². The summed E-state index contributed by atoms with van der Waals surface area (Å²) < 4.78 is 21.2. The fourth-order valence-corrected chi connectivity index (χ4v) is 1.10. The Morgan fingerprint density at radius 3 is 0.923 bits per heavy atom. The summed E-state index contributed by atoms with van der Waals surface area (Å²) in [6.07, 6.45) is 0.